The molecule has 2 rings (SSSR count). The van der Waals surface area contributed by atoms with Gasteiger partial charge in [-0.3, -0.25) is 4.98 Å². The van der Waals surface area contributed by atoms with Gasteiger partial charge in [0.05, 0.1) is 5.69 Å². The van der Waals surface area contributed by atoms with Crippen molar-refractivity contribution in [1.82, 2.24) is 10.3 Å². The molecule has 3 nitrogen and oxygen atoms in total. The lowest BCUT2D eigenvalue weighted by atomic mass is 10.2. The van der Waals surface area contributed by atoms with Gasteiger partial charge in [0.15, 0.2) is 0 Å². The molecule has 3 heteroatoms. The molecule has 1 fully saturated rings. The molecular weight excluding hydrogens is 188 g/mol. The molecule has 1 saturated heterocycles. The van der Waals surface area contributed by atoms with Crippen molar-refractivity contribution in [2.75, 3.05) is 13.1 Å². The fraction of sp³-hybridized carbons (Fsp3) is 0.583. The number of nitrogens with zero attached hydrogens (tertiary/aromatic N) is 1. The third kappa shape index (κ3) is 2.48. The van der Waals surface area contributed by atoms with Crippen LogP contribution in [-0.4, -0.2) is 24.2 Å². The Balaban J connectivity index is 2.12. The zero-order chi connectivity index (χ0) is 10.7. The van der Waals surface area contributed by atoms with Crippen molar-refractivity contribution >= 4 is 0 Å². The van der Waals surface area contributed by atoms with Crippen LogP contribution in [0.3, 0.4) is 0 Å². The molecule has 0 saturated carbocycles. The summed E-state index contributed by atoms with van der Waals surface area (Å²) in [6.45, 7) is 6.14. The van der Waals surface area contributed by atoms with Gasteiger partial charge < -0.3 is 10.1 Å². The van der Waals surface area contributed by atoms with Gasteiger partial charge in [0, 0.05) is 12.2 Å². The molecule has 1 aromatic rings. The van der Waals surface area contributed by atoms with E-state index in [4.69, 9.17) is 4.74 Å². The minimum absolute atomic E-state index is 0.319. The van der Waals surface area contributed by atoms with Crippen LogP contribution in [-0.2, 0) is 6.42 Å². The summed E-state index contributed by atoms with van der Waals surface area (Å²) in [6.07, 6.45) is 2.34. The first-order chi connectivity index (χ1) is 7.29. The van der Waals surface area contributed by atoms with Crippen LogP contribution in [0.15, 0.2) is 12.1 Å². The quantitative estimate of drug-likeness (QED) is 0.817. The molecule has 82 valence electrons. The summed E-state index contributed by atoms with van der Waals surface area (Å²) in [5.41, 5.74) is 2.13. The Morgan fingerprint density at radius 2 is 2.40 bits per heavy atom. The Labute approximate surface area is 90.9 Å². The van der Waals surface area contributed by atoms with E-state index in [1.807, 2.05) is 19.1 Å². The van der Waals surface area contributed by atoms with E-state index in [1.54, 1.807) is 0 Å². The van der Waals surface area contributed by atoms with E-state index in [9.17, 15) is 0 Å². The lowest BCUT2D eigenvalue weighted by molar-refractivity contribution is 0.220. The van der Waals surface area contributed by atoms with Crippen molar-refractivity contribution in [3.05, 3.63) is 23.5 Å². The van der Waals surface area contributed by atoms with Gasteiger partial charge >= 0.3 is 0 Å². The van der Waals surface area contributed by atoms with Crippen molar-refractivity contribution in [1.29, 1.82) is 0 Å². The Morgan fingerprint density at radius 1 is 1.53 bits per heavy atom. The fourth-order valence-electron chi connectivity index (χ4n) is 1.87. The summed E-state index contributed by atoms with van der Waals surface area (Å²) in [4.78, 5) is 4.49. The smallest absolute Gasteiger partial charge is 0.141 e. The number of pyridine rings is 1. The van der Waals surface area contributed by atoms with Gasteiger partial charge in [-0.05, 0) is 38.4 Å². The molecule has 0 bridgehead atoms. The normalized spacial score (nSPS) is 20.5. The van der Waals surface area contributed by atoms with Crippen LogP contribution >= 0.6 is 0 Å². The van der Waals surface area contributed by atoms with Crippen LogP contribution in [0.4, 0.5) is 0 Å². The van der Waals surface area contributed by atoms with Crippen LogP contribution in [0, 0.1) is 6.92 Å². The number of hydrogen-bond acceptors (Lipinski definition) is 3. The van der Waals surface area contributed by atoms with E-state index in [0.717, 1.165) is 43.1 Å². The highest BCUT2D eigenvalue weighted by Crippen LogP contribution is 2.20. The molecule has 2 heterocycles. The third-order valence-corrected chi connectivity index (χ3v) is 2.72. The molecule has 0 aliphatic carbocycles. The molecule has 0 spiro atoms. The zero-order valence-corrected chi connectivity index (χ0v) is 9.42. The van der Waals surface area contributed by atoms with E-state index in [1.165, 1.54) is 0 Å². The predicted molar refractivity (Wildman–Crippen MR) is 60.3 cm³/mol. The van der Waals surface area contributed by atoms with Gasteiger partial charge in [0.1, 0.15) is 11.9 Å². The van der Waals surface area contributed by atoms with Crippen molar-refractivity contribution in [3.63, 3.8) is 0 Å². The summed E-state index contributed by atoms with van der Waals surface area (Å²) in [7, 11) is 0. The van der Waals surface area contributed by atoms with Crippen LogP contribution in [0.1, 0.15) is 24.7 Å². The average molecular weight is 206 g/mol. The first-order valence-corrected chi connectivity index (χ1v) is 5.63. The van der Waals surface area contributed by atoms with Gasteiger partial charge in [-0.25, -0.2) is 0 Å². The average Bonchev–Trinajstić information content (AvgIpc) is 2.73. The first kappa shape index (κ1) is 10.4. The summed E-state index contributed by atoms with van der Waals surface area (Å²) < 4.78 is 5.93. The minimum atomic E-state index is 0.319. The second-order valence-corrected chi connectivity index (χ2v) is 3.98. The van der Waals surface area contributed by atoms with E-state index in [-0.39, 0.29) is 0 Å². The lowest BCUT2D eigenvalue weighted by Gasteiger charge is -2.15. The van der Waals surface area contributed by atoms with Gasteiger partial charge in [-0.2, -0.15) is 0 Å². The standard InChI is InChI=1S/C12H18N2O/c1-3-11-12(5-4-9(2)14-11)15-10-6-7-13-8-10/h4-5,10,13H,3,6-8H2,1-2H3. The molecule has 1 N–H and O–H groups in total. The molecule has 0 amide bonds. The highest BCUT2D eigenvalue weighted by atomic mass is 16.5. The maximum atomic E-state index is 5.93. The molecule has 0 radical (unpaired) electrons. The van der Waals surface area contributed by atoms with Crippen LogP contribution in [0.25, 0.3) is 0 Å². The summed E-state index contributed by atoms with van der Waals surface area (Å²) in [5.74, 6) is 0.955. The number of rotatable bonds is 3. The second-order valence-electron chi connectivity index (χ2n) is 3.98. The van der Waals surface area contributed by atoms with Crippen LogP contribution in [0.2, 0.25) is 0 Å². The van der Waals surface area contributed by atoms with E-state index in [0.29, 0.717) is 6.10 Å². The molecule has 1 unspecified atom stereocenters. The monoisotopic (exact) mass is 206 g/mol. The number of nitrogens with one attached hydrogen (secondary N) is 1. The molecular formula is C12H18N2O. The summed E-state index contributed by atoms with van der Waals surface area (Å²) in [6, 6.07) is 4.05. The van der Waals surface area contributed by atoms with Gasteiger partial charge in [-0.15, -0.1) is 0 Å². The summed E-state index contributed by atoms with van der Waals surface area (Å²) in [5, 5.41) is 3.30. The first-order valence-electron chi connectivity index (χ1n) is 5.63. The van der Waals surface area contributed by atoms with Crippen molar-refractivity contribution in [3.8, 4) is 5.75 Å². The maximum absolute atomic E-state index is 5.93. The Morgan fingerprint density at radius 3 is 3.07 bits per heavy atom. The minimum Gasteiger partial charge on any atom is -0.487 e. The fourth-order valence-corrected chi connectivity index (χ4v) is 1.87. The number of aryl methyl sites for hydroxylation is 2. The SMILES string of the molecule is CCc1nc(C)ccc1OC1CCNC1. The molecule has 15 heavy (non-hydrogen) atoms. The van der Waals surface area contributed by atoms with E-state index in [2.05, 4.69) is 17.2 Å². The van der Waals surface area contributed by atoms with Gasteiger partial charge in [0.25, 0.3) is 0 Å². The molecule has 1 aromatic heterocycles. The van der Waals surface area contributed by atoms with Crippen molar-refractivity contribution in [2.45, 2.75) is 32.8 Å². The van der Waals surface area contributed by atoms with Crippen LogP contribution < -0.4 is 10.1 Å². The van der Waals surface area contributed by atoms with Crippen molar-refractivity contribution in [2.24, 2.45) is 0 Å². The predicted octanol–water partition coefficient (Wildman–Crippen LogP) is 1.69. The largest absolute Gasteiger partial charge is 0.487 e. The highest BCUT2D eigenvalue weighted by molar-refractivity contribution is 5.29. The molecule has 0 aromatic carbocycles. The third-order valence-electron chi connectivity index (χ3n) is 2.72. The topological polar surface area (TPSA) is 34.1 Å². The Hall–Kier alpha value is -1.09. The second kappa shape index (κ2) is 4.62. The highest BCUT2D eigenvalue weighted by Gasteiger charge is 2.17. The Bertz CT molecular complexity index is 332. The van der Waals surface area contributed by atoms with Crippen molar-refractivity contribution < 1.29 is 4.74 Å². The van der Waals surface area contributed by atoms with Gasteiger partial charge in [-0.1, -0.05) is 6.92 Å². The number of ether oxygens (including phenoxy) is 1. The van der Waals surface area contributed by atoms with E-state index < -0.39 is 0 Å². The Kier molecular flexibility index (Phi) is 3.21. The molecule has 1 aliphatic rings. The van der Waals surface area contributed by atoms with Crippen LogP contribution in [0.5, 0.6) is 5.75 Å². The zero-order valence-electron chi connectivity index (χ0n) is 9.42. The maximum Gasteiger partial charge on any atom is 0.141 e. The van der Waals surface area contributed by atoms with E-state index >= 15 is 0 Å². The molecule has 1 atom stereocenters. The molecule has 1 aliphatic heterocycles. The number of hydrogen-bond donors (Lipinski definition) is 1. The number of aromatic nitrogens is 1. The van der Waals surface area contributed by atoms with Gasteiger partial charge in [0.2, 0.25) is 0 Å². The lowest BCUT2D eigenvalue weighted by Crippen LogP contribution is -2.20. The summed E-state index contributed by atoms with van der Waals surface area (Å²) >= 11 is 0.